The van der Waals surface area contributed by atoms with Gasteiger partial charge in [-0.2, -0.15) is 18.3 Å². The summed E-state index contributed by atoms with van der Waals surface area (Å²) in [7, 11) is 0. The van der Waals surface area contributed by atoms with E-state index < -0.39 is 41.9 Å². The Morgan fingerprint density at radius 3 is 2.29 bits per heavy atom. The first-order chi connectivity index (χ1) is 11.1. The van der Waals surface area contributed by atoms with Gasteiger partial charge in [-0.05, 0) is 32.0 Å². The van der Waals surface area contributed by atoms with Crippen molar-refractivity contribution in [3.8, 4) is 0 Å². The van der Waals surface area contributed by atoms with Crippen LogP contribution in [0.15, 0.2) is 24.3 Å². The van der Waals surface area contributed by atoms with Gasteiger partial charge in [0, 0.05) is 5.69 Å². The quantitative estimate of drug-likeness (QED) is 0.864. The first-order valence-corrected chi connectivity index (χ1v) is 6.90. The highest BCUT2D eigenvalue weighted by molar-refractivity contribution is 5.76. The van der Waals surface area contributed by atoms with E-state index in [1.165, 1.54) is 4.68 Å². The Bertz CT molecular complexity index is 734. The molecule has 0 aliphatic carbocycles. The Hall–Kier alpha value is -2.45. The van der Waals surface area contributed by atoms with Gasteiger partial charge in [-0.25, -0.2) is 8.78 Å². The third kappa shape index (κ3) is 3.90. The second-order valence-electron chi connectivity index (χ2n) is 5.26. The fourth-order valence-corrected chi connectivity index (χ4v) is 2.28. The number of hydrogen-bond acceptors (Lipinski definition) is 2. The molecule has 1 atom stereocenters. The Labute approximate surface area is 134 Å². The van der Waals surface area contributed by atoms with Crippen molar-refractivity contribution >= 4 is 5.91 Å². The maximum Gasteiger partial charge on any atom is 0.413 e. The van der Waals surface area contributed by atoms with Gasteiger partial charge >= 0.3 is 6.18 Å². The van der Waals surface area contributed by atoms with Crippen LogP contribution in [0.3, 0.4) is 0 Å². The molecule has 0 bridgehead atoms. The molecule has 0 fully saturated rings. The van der Waals surface area contributed by atoms with Crippen LogP contribution in [0.2, 0.25) is 0 Å². The third-order valence-electron chi connectivity index (χ3n) is 3.32. The number of nitrogens with one attached hydrogen (secondary N) is 1. The number of hydrogen-bond donors (Lipinski definition) is 1. The zero-order valence-corrected chi connectivity index (χ0v) is 12.8. The first kappa shape index (κ1) is 17.9. The molecule has 0 saturated heterocycles. The Morgan fingerprint density at radius 1 is 1.25 bits per heavy atom. The molecule has 0 unspecified atom stereocenters. The SMILES string of the molecule is Cc1cc(C)n(CC(=O)N[C@@H](c2c(F)cccc2F)C(F)(F)F)n1. The number of alkyl halides is 3. The lowest BCUT2D eigenvalue weighted by molar-refractivity contribution is -0.164. The maximum absolute atomic E-state index is 13.7. The minimum atomic E-state index is -5.06. The fraction of sp³-hybridized carbons (Fsp3) is 0.333. The van der Waals surface area contributed by atoms with Crippen molar-refractivity contribution in [3.05, 3.63) is 52.9 Å². The number of aryl methyl sites for hydroxylation is 2. The van der Waals surface area contributed by atoms with Crippen molar-refractivity contribution in [2.24, 2.45) is 0 Å². The van der Waals surface area contributed by atoms with Crippen LogP contribution in [0.1, 0.15) is 23.0 Å². The molecule has 1 amide bonds. The molecular weight excluding hydrogens is 333 g/mol. The summed E-state index contributed by atoms with van der Waals surface area (Å²) in [5.41, 5.74) is -0.0807. The number of nitrogens with zero attached hydrogens (tertiary/aromatic N) is 2. The fourth-order valence-electron chi connectivity index (χ4n) is 2.28. The van der Waals surface area contributed by atoms with Crippen molar-refractivity contribution in [2.45, 2.75) is 32.6 Å². The summed E-state index contributed by atoms with van der Waals surface area (Å²) >= 11 is 0. The molecule has 2 aromatic rings. The number of benzene rings is 1. The van der Waals surface area contributed by atoms with Crippen LogP contribution in [0.5, 0.6) is 0 Å². The Morgan fingerprint density at radius 2 is 1.83 bits per heavy atom. The second kappa shape index (κ2) is 6.58. The van der Waals surface area contributed by atoms with Crippen molar-refractivity contribution in [3.63, 3.8) is 0 Å². The van der Waals surface area contributed by atoms with Gasteiger partial charge in [0.2, 0.25) is 5.91 Å². The van der Waals surface area contributed by atoms with Crippen LogP contribution in [0.4, 0.5) is 22.0 Å². The number of carbonyl (C=O) groups excluding carboxylic acids is 1. The number of amides is 1. The van der Waals surface area contributed by atoms with Gasteiger partial charge in [-0.3, -0.25) is 9.48 Å². The molecule has 1 aromatic heterocycles. The summed E-state index contributed by atoms with van der Waals surface area (Å²) in [6.45, 7) is 2.79. The molecule has 0 aliphatic rings. The zero-order chi connectivity index (χ0) is 18.1. The van der Waals surface area contributed by atoms with Crippen LogP contribution in [-0.4, -0.2) is 21.9 Å². The van der Waals surface area contributed by atoms with E-state index in [4.69, 9.17) is 0 Å². The van der Waals surface area contributed by atoms with Crippen LogP contribution in [0, 0.1) is 25.5 Å². The van der Waals surface area contributed by atoms with Crippen LogP contribution in [-0.2, 0) is 11.3 Å². The molecule has 1 aromatic carbocycles. The number of aromatic nitrogens is 2. The van der Waals surface area contributed by atoms with Gasteiger partial charge in [0.25, 0.3) is 0 Å². The normalized spacial score (nSPS) is 13.0. The summed E-state index contributed by atoms with van der Waals surface area (Å²) in [6.07, 6.45) is -5.06. The maximum atomic E-state index is 13.7. The minimum Gasteiger partial charge on any atom is -0.339 e. The van der Waals surface area contributed by atoms with Crippen molar-refractivity contribution in [2.75, 3.05) is 0 Å². The van der Waals surface area contributed by atoms with E-state index >= 15 is 0 Å². The molecule has 2 rings (SSSR count). The van der Waals surface area contributed by atoms with Crippen molar-refractivity contribution < 1.29 is 26.7 Å². The molecule has 130 valence electrons. The molecule has 1 heterocycles. The molecule has 0 spiro atoms. The summed E-state index contributed by atoms with van der Waals surface area (Å²) in [4.78, 5) is 11.9. The third-order valence-corrected chi connectivity index (χ3v) is 3.32. The lowest BCUT2D eigenvalue weighted by Gasteiger charge is -2.23. The van der Waals surface area contributed by atoms with E-state index in [-0.39, 0.29) is 0 Å². The highest BCUT2D eigenvalue weighted by Gasteiger charge is 2.44. The summed E-state index contributed by atoms with van der Waals surface area (Å²) in [5, 5.41) is 5.59. The van der Waals surface area contributed by atoms with Gasteiger partial charge in [0.1, 0.15) is 18.2 Å². The molecular formula is C15H14F5N3O. The molecule has 9 heteroatoms. The highest BCUT2D eigenvalue weighted by atomic mass is 19.4. The zero-order valence-electron chi connectivity index (χ0n) is 12.8. The van der Waals surface area contributed by atoms with Gasteiger partial charge in [0.05, 0.1) is 11.3 Å². The van der Waals surface area contributed by atoms with Crippen molar-refractivity contribution in [1.29, 1.82) is 0 Å². The molecule has 0 aliphatic heterocycles. The topological polar surface area (TPSA) is 46.9 Å². The van der Waals surface area contributed by atoms with Crippen molar-refractivity contribution in [1.82, 2.24) is 15.1 Å². The molecule has 0 radical (unpaired) electrons. The molecule has 1 N–H and O–H groups in total. The summed E-state index contributed by atoms with van der Waals surface area (Å²) in [5.74, 6) is -3.83. The second-order valence-corrected chi connectivity index (χ2v) is 5.26. The van der Waals surface area contributed by atoms with Crippen LogP contribution >= 0.6 is 0 Å². The highest BCUT2D eigenvalue weighted by Crippen LogP contribution is 2.35. The average Bonchev–Trinajstić information content (AvgIpc) is 2.74. The Kier molecular flexibility index (Phi) is 4.91. The van der Waals surface area contributed by atoms with E-state index in [1.54, 1.807) is 25.2 Å². The molecule has 0 saturated carbocycles. The Balaban J connectivity index is 2.27. The van der Waals surface area contributed by atoms with Gasteiger partial charge in [-0.15, -0.1) is 0 Å². The van der Waals surface area contributed by atoms with E-state index in [2.05, 4.69) is 5.10 Å². The predicted octanol–water partition coefficient (Wildman–Crippen LogP) is 3.20. The van der Waals surface area contributed by atoms with E-state index in [9.17, 15) is 26.7 Å². The van der Waals surface area contributed by atoms with E-state index in [1.807, 2.05) is 0 Å². The van der Waals surface area contributed by atoms with Crippen LogP contribution < -0.4 is 5.32 Å². The smallest absolute Gasteiger partial charge is 0.339 e. The summed E-state index contributed by atoms with van der Waals surface area (Å²) < 4.78 is 68.1. The molecule has 24 heavy (non-hydrogen) atoms. The lowest BCUT2D eigenvalue weighted by Crippen LogP contribution is -2.41. The minimum absolute atomic E-state index is 0.498. The monoisotopic (exact) mass is 347 g/mol. The van der Waals surface area contributed by atoms with Crippen LogP contribution in [0.25, 0.3) is 0 Å². The standard InChI is InChI=1S/C15H14F5N3O/c1-8-6-9(2)23(22-8)7-12(24)21-14(15(18,19)20)13-10(16)4-3-5-11(13)17/h3-6,14H,7H2,1-2H3,(H,21,24)/t14-/m0/s1. The number of halogens is 5. The van der Waals surface area contributed by atoms with E-state index in [0.717, 1.165) is 6.07 Å². The summed E-state index contributed by atoms with van der Waals surface area (Å²) in [6, 6.07) is 1.20. The number of carbonyl (C=O) groups is 1. The van der Waals surface area contributed by atoms with Gasteiger partial charge < -0.3 is 5.32 Å². The molecule has 4 nitrogen and oxygen atoms in total. The van der Waals surface area contributed by atoms with E-state index in [0.29, 0.717) is 23.5 Å². The first-order valence-electron chi connectivity index (χ1n) is 6.90. The lowest BCUT2D eigenvalue weighted by atomic mass is 10.0. The predicted molar refractivity (Wildman–Crippen MR) is 75.0 cm³/mol. The largest absolute Gasteiger partial charge is 0.413 e. The van der Waals surface area contributed by atoms with Gasteiger partial charge in [-0.1, -0.05) is 6.07 Å². The number of rotatable bonds is 4. The van der Waals surface area contributed by atoms with Gasteiger partial charge in [0.15, 0.2) is 6.04 Å². The average molecular weight is 347 g/mol.